The van der Waals surface area contributed by atoms with Crippen LogP contribution in [-0.4, -0.2) is 16.1 Å². The molecule has 0 unspecified atom stereocenters. The summed E-state index contributed by atoms with van der Waals surface area (Å²) in [7, 11) is 1.55. The molecule has 88 valence electrons. The van der Waals surface area contributed by atoms with Gasteiger partial charge < -0.3 is 0 Å². The first-order chi connectivity index (χ1) is 8.04. The molecule has 0 saturated heterocycles. The fraction of sp³-hybridized carbons (Fsp3) is 0.0909. The summed E-state index contributed by atoms with van der Waals surface area (Å²) in [6.45, 7) is 0. The van der Waals surface area contributed by atoms with Gasteiger partial charge in [-0.2, -0.15) is 5.10 Å². The van der Waals surface area contributed by atoms with E-state index in [-0.39, 0.29) is 16.4 Å². The Hall–Kier alpha value is -1.75. The second kappa shape index (κ2) is 4.25. The fourth-order valence-electron chi connectivity index (χ4n) is 1.48. The molecule has 1 aromatic heterocycles. The van der Waals surface area contributed by atoms with Gasteiger partial charge in [0.25, 0.3) is 0 Å². The van der Waals surface area contributed by atoms with E-state index in [0.29, 0.717) is 11.8 Å². The topological polar surface area (TPSA) is 34.9 Å². The predicted octanol–water partition coefficient (Wildman–Crippen LogP) is 2.83. The average Bonchev–Trinajstić information content (AvgIpc) is 2.59. The molecule has 0 atom stereocenters. The van der Waals surface area contributed by atoms with Gasteiger partial charge in [0.15, 0.2) is 17.9 Å². The van der Waals surface area contributed by atoms with Crippen molar-refractivity contribution in [3.05, 3.63) is 40.6 Å². The van der Waals surface area contributed by atoms with Gasteiger partial charge in [-0.05, 0) is 18.2 Å². The Morgan fingerprint density at radius 2 is 2.06 bits per heavy atom. The lowest BCUT2D eigenvalue weighted by atomic mass is 10.1. The van der Waals surface area contributed by atoms with Crippen LogP contribution in [0.15, 0.2) is 18.2 Å². The quantitative estimate of drug-likeness (QED) is 0.775. The first-order valence-electron chi connectivity index (χ1n) is 4.67. The molecule has 0 amide bonds. The molecule has 0 spiro atoms. The van der Waals surface area contributed by atoms with Gasteiger partial charge >= 0.3 is 0 Å². The molecule has 3 nitrogen and oxygen atoms in total. The first kappa shape index (κ1) is 11.7. The third-order valence-electron chi connectivity index (χ3n) is 2.32. The minimum atomic E-state index is -0.999. The summed E-state index contributed by atoms with van der Waals surface area (Å²) in [5.41, 5.74) is 0.681. The highest BCUT2D eigenvalue weighted by Gasteiger charge is 2.16. The lowest BCUT2D eigenvalue weighted by Crippen LogP contribution is -1.90. The SMILES string of the molecule is Cn1nc(-c2ccc(F)c(F)c2)c(C=O)c1Cl. The number of aromatic nitrogens is 2. The summed E-state index contributed by atoms with van der Waals surface area (Å²) in [6, 6.07) is 3.28. The van der Waals surface area contributed by atoms with Gasteiger partial charge in [-0.25, -0.2) is 8.78 Å². The minimum Gasteiger partial charge on any atom is -0.298 e. The third-order valence-corrected chi connectivity index (χ3v) is 2.77. The molecule has 0 aliphatic carbocycles. The maximum Gasteiger partial charge on any atom is 0.159 e. The van der Waals surface area contributed by atoms with E-state index < -0.39 is 11.6 Å². The van der Waals surface area contributed by atoms with Gasteiger partial charge in [0, 0.05) is 12.6 Å². The first-order valence-corrected chi connectivity index (χ1v) is 5.05. The Kier molecular flexibility index (Phi) is 2.93. The van der Waals surface area contributed by atoms with Crippen molar-refractivity contribution < 1.29 is 13.6 Å². The van der Waals surface area contributed by atoms with Crippen molar-refractivity contribution in [2.45, 2.75) is 0 Å². The summed E-state index contributed by atoms with van der Waals surface area (Å²) in [6.07, 6.45) is 0.534. The molecule has 0 radical (unpaired) electrons. The Balaban J connectivity index is 2.64. The molecule has 0 fully saturated rings. The maximum atomic E-state index is 13.1. The number of rotatable bonds is 2. The van der Waals surface area contributed by atoms with Crippen molar-refractivity contribution >= 4 is 17.9 Å². The van der Waals surface area contributed by atoms with Crippen LogP contribution in [0, 0.1) is 11.6 Å². The molecule has 6 heteroatoms. The summed E-state index contributed by atoms with van der Waals surface area (Å²) >= 11 is 5.84. The molecule has 0 saturated carbocycles. The number of hydrogen-bond donors (Lipinski definition) is 0. The van der Waals surface area contributed by atoms with E-state index in [1.165, 1.54) is 10.7 Å². The van der Waals surface area contributed by atoms with E-state index in [4.69, 9.17) is 11.6 Å². The van der Waals surface area contributed by atoms with Crippen molar-refractivity contribution in [1.29, 1.82) is 0 Å². The summed E-state index contributed by atoms with van der Waals surface area (Å²) in [4.78, 5) is 10.9. The van der Waals surface area contributed by atoms with Crippen LogP contribution in [0.3, 0.4) is 0 Å². The number of aldehydes is 1. The smallest absolute Gasteiger partial charge is 0.159 e. The van der Waals surface area contributed by atoms with Crippen LogP contribution in [0.1, 0.15) is 10.4 Å². The molecule has 1 heterocycles. The van der Waals surface area contributed by atoms with Gasteiger partial charge in [-0.3, -0.25) is 9.48 Å². The molecule has 0 aliphatic rings. The largest absolute Gasteiger partial charge is 0.298 e. The van der Waals surface area contributed by atoms with Crippen LogP contribution in [0.25, 0.3) is 11.3 Å². The zero-order valence-electron chi connectivity index (χ0n) is 8.75. The Morgan fingerprint density at radius 3 is 2.65 bits per heavy atom. The molecule has 1 aromatic carbocycles. The predicted molar refractivity (Wildman–Crippen MR) is 59.0 cm³/mol. The van der Waals surface area contributed by atoms with Crippen molar-refractivity contribution in [3.8, 4) is 11.3 Å². The van der Waals surface area contributed by atoms with Gasteiger partial charge in [-0.1, -0.05) is 11.6 Å². The second-order valence-corrected chi connectivity index (χ2v) is 3.78. The van der Waals surface area contributed by atoms with Crippen LogP contribution < -0.4 is 0 Å². The minimum absolute atomic E-state index is 0.153. The average molecular weight is 257 g/mol. The Bertz CT molecular complexity index is 595. The van der Waals surface area contributed by atoms with E-state index >= 15 is 0 Å². The van der Waals surface area contributed by atoms with Crippen LogP contribution in [0.5, 0.6) is 0 Å². The fourth-order valence-corrected chi connectivity index (χ4v) is 1.65. The van der Waals surface area contributed by atoms with Gasteiger partial charge in [0.1, 0.15) is 10.8 Å². The molecule has 0 bridgehead atoms. The number of benzene rings is 1. The second-order valence-electron chi connectivity index (χ2n) is 3.42. The Labute approximate surface area is 101 Å². The molecular formula is C11H7ClF2N2O. The highest BCUT2D eigenvalue weighted by molar-refractivity contribution is 6.32. The van der Waals surface area contributed by atoms with Crippen molar-refractivity contribution in [2.24, 2.45) is 7.05 Å². The van der Waals surface area contributed by atoms with Gasteiger partial charge in [0.2, 0.25) is 0 Å². The van der Waals surface area contributed by atoms with Crippen LogP contribution in [-0.2, 0) is 7.05 Å². The van der Waals surface area contributed by atoms with Crippen LogP contribution in [0.2, 0.25) is 5.15 Å². The number of hydrogen-bond acceptors (Lipinski definition) is 2. The van der Waals surface area contributed by atoms with Crippen molar-refractivity contribution in [2.75, 3.05) is 0 Å². The number of carbonyl (C=O) groups excluding carboxylic acids is 1. The maximum absolute atomic E-state index is 13.1. The monoisotopic (exact) mass is 256 g/mol. The lowest BCUT2D eigenvalue weighted by Gasteiger charge is -1.99. The number of aryl methyl sites for hydroxylation is 1. The molecule has 0 aliphatic heterocycles. The molecule has 2 rings (SSSR count). The third kappa shape index (κ3) is 1.93. The normalized spacial score (nSPS) is 10.6. The van der Waals surface area contributed by atoms with Crippen molar-refractivity contribution in [1.82, 2.24) is 9.78 Å². The highest BCUT2D eigenvalue weighted by atomic mass is 35.5. The van der Waals surface area contributed by atoms with Crippen molar-refractivity contribution in [3.63, 3.8) is 0 Å². The van der Waals surface area contributed by atoms with Crippen LogP contribution >= 0.6 is 11.6 Å². The van der Waals surface area contributed by atoms with E-state index in [1.807, 2.05) is 0 Å². The molecular weight excluding hydrogens is 250 g/mol. The van der Waals surface area contributed by atoms with E-state index in [0.717, 1.165) is 12.1 Å². The molecule has 0 N–H and O–H groups in total. The van der Waals surface area contributed by atoms with Crippen LogP contribution in [0.4, 0.5) is 8.78 Å². The highest BCUT2D eigenvalue weighted by Crippen LogP contribution is 2.27. The molecule has 17 heavy (non-hydrogen) atoms. The number of nitrogens with zero attached hydrogens (tertiary/aromatic N) is 2. The van der Waals surface area contributed by atoms with E-state index in [2.05, 4.69) is 5.10 Å². The van der Waals surface area contributed by atoms with E-state index in [1.54, 1.807) is 7.05 Å². The summed E-state index contributed by atoms with van der Waals surface area (Å²) in [5, 5.41) is 4.14. The Morgan fingerprint density at radius 1 is 1.35 bits per heavy atom. The summed E-state index contributed by atoms with van der Waals surface area (Å²) in [5.74, 6) is -1.95. The standard InChI is InChI=1S/C11H7ClF2N2O/c1-16-11(12)7(5-17)10(15-16)6-2-3-8(13)9(14)4-6/h2-5H,1H3. The number of carbonyl (C=O) groups is 1. The summed E-state index contributed by atoms with van der Waals surface area (Å²) < 4.78 is 27.2. The van der Waals surface area contributed by atoms with Gasteiger partial charge in [0.05, 0.1) is 5.56 Å². The number of halogens is 3. The molecule has 2 aromatic rings. The van der Waals surface area contributed by atoms with Gasteiger partial charge in [-0.15, -0.1) is 0 Å². The lowest BCUT2D eigenvalue weighted by molar-refractivity contribution is 0.112. The van der Waals surface area contributed by atoms with E-state index in [9.17, 15) is 13.6 Å². The zero-order valence-corrected chi connectivity index (χ0v) is 9.50. The zero-order chi connectivity index (χ0) is 12.6.